The third-order valence-corrected chi connectivity index (χ3v) is 6.00. The molecule has 0 saturated carbocycles. The second kappa shape index (κ2) is 9.40. The summed E-state index contributed by atoms with van der Waals surface area (Å²) in [6.07, 6.45) is 3.74. The van der Waals surface area contributed by atoms with Gasteiger partial charge in [0.05, 0.1) is 13.2 Å². The molecule has 166 valence electrons. The van der Waals surface area contributed by atoms with Crippen LogP contribution in [0.15, 0.2) is 54.9 Å². The van der Waals surface area contributed by atoms with Gasteiger partial charge in [-0.05, 0) is 43.3 Å². The lowest BCUT2D eigenvalue weighted by Crippen LogP contribution is -2.47. The molecule has 0 radical (unpaired) electrons. The van der Waals surface area contributed by atoms with Crippen LogP contribution in [0.3, 0.4) is 0 Å². The maximum Gasteiger partial charge on any atom is 0.227 e. The highest BCUT2D eigenvalue weighted by Gasteiger charge is 2.20. The molecule has 32 heavy (non-hydrogen) atoms. The van der Waals surface area contributed by atoms with E-state index in [2.05, 4.69) is 60.3 Å². The van der Waals surface area contributed by atoms with Crippen molar-refractivity contribution in [2.24, 2.45) is 0 Å². The summed E-state index contributed by atoms with van der Waals surface area (Å²) in [5, 5.41) is 3.48. The molecule has 8 nitrogen and oxygen atoms in total. The zero-order valence-electron chi connectivity index (χ0n) is 18.4. The minimum absolute atomic E-state index is 0.767. The predicted molar refractivity (Wildman–Crippen MR) is 128 cm³/mol. The van der Waals surface area contributed by atoms with Crippen LogP contribution in [0.25, 0.3) is 0 Å². The predicted octanol–water partition coefficient (Wildman–Crippen LogP) is 3.09. The molecule has 4 heterocycles. The van der Waals surface area contributed by atoms with E-state index in [-0.39, 0.29) is 0 Å². The molecule has 1 aromatic carbocycles. The highest BCUT2D eigenvalue weighted by molar-refractivity contribution is 5.63. The van der Waals surface area contributed by atoms with Gasteiger partial charge in [-0.2, -0.15) is 4.98 Å². The first kappa shape index (κ1) is 20.5. The van der Waals surface area contributed by atoms with Gasteiger partial charge < -0.3 is 24.8 Å². The van der Waals surface area contributed by atoms with Gasteiger partial charge in [0.2, 0.25) is 5.95 Å². The third-order valence-electron chi connectivity index (χ3n) is 6.00. The van der Waals surface area contributed by atoms with E-state index in [1.54, 1.807) is 0 Å². The Morgan fingerprint density at radius 1 is 0.812 bits per heavy atom. The number of hydrogen-bond donors (Lipinski definition) is 1. The van der Waals surface area contributed by atoms with Crippen LogP contribution in [0.5, 0.6) is 0 Å². The maximum atomic E-state index is 5.45. The van der Waals surface area contributed by atoms with Crippen LogP contribution in [0.4, 0.5) is 29.0 Å². The van der Waals surface area contributed by atoms with Gasteiger partial charge in [0.15, 0.2) is 0 Å². The lowest BCUT2D eigenvalue weighted by molar-refractivity contribution is 0.122. The Hall–Kier alpha value is -3.39. The number of morpholine rings is 1. The van der Waals surface area contributed by atoms with E-state index in [0.29, 0.717) is 0 Å². The molecule has 2 aromatic heterocycles. The van der Waals surface area contributed by atoms with Gasteiger partial charge in [-0.15, -0.1) is 0 Å². The standard InChI is InChI=1S/C24H29N7O/c1-19-18-26-24(31-12-10-30(11-13-31)22-4-2-3-9-25-22)28-23(19)27-20-5-7-21(8-6-20)29-14-16-32-17-15-29/h2-9,18H,10-17H2,1H3,(H,26,27,28). The lowest BCUT2D eigenvalue weighted by atomic mass is 10.2. The molecule has 2 fully saturated rings. The molecule has 0 aliphatic carbocycles. The molecule has 0 spiro atoms. The number of ether oxygens (including phenoxy) is 1. The Labute approximate surface area is 188 Å². The average molecular weight is 432 g/mol. The first-order valence-corrected chi connectivity index (χ1v) is 11.2. The fraction of sp³-hybridized carbons (Fsp3) is 0.375. The number of rotatable bonds is 5. The van der Waals surface area contributed by atoms with E-state index < -0.39 is 0 Å². The molecule has 1 N–H and O–H groups in total. The molecule has 2 aliphatic rings. The van der Waals surface area contributed by atoms with E-state index in [0.717, 1.165) is 81.3 Å². The number of piperazine rings is 1. The zero-order valence-corrected chi connectivity index (χ0v) is 18.4. The molecule has 8 heteroatoms. The van der Waals surface area contributed by atoms with E-state index in [9.17, 15) is 0 Å². The smallest absolute Gasteiger partial charge is 0.227 e. The quantitative estimate of drug-likeness (QED) is 0.661. The van der Waals surface area contributed by atoms with Crippen molar-refractivity contribution in [3.05, 3.63) is 60.4 Å². The van der Waals surface area contributed by atoms with E-state index in [1.165, 1.54) is 5.69 Å². The van der Waals surface area contributed by atoms with Crippen LogP contribution in [-0.2, 0) is 4.74 Å². The van der Waals surface area contributed by atoms with Crippen LogP contribution >= 0.6 is 0 Å². The van der Waals surface area contributed by atoms with Gasteiger partial charge in [-0.25, -0.2) is 9.97 Å². The fourth-order valence-electron chi connectivity index (χ4n) is 4.10. The molecule has 2 saturated heterocycles. The minimum atomic E-state index is 0.767. The van der Waals surface area contributed by atoms with Crippen molar-refractivity contribution in [1.82, 2.24) is 15.0 Å². The first-order valence-electron chi connectivity index (χ1n) is 11.2. The number of nitrogens with zero attached hydrogens (tertiary/aromatic N) is 6. The summed E-state index contributed by atoms with van der Waals surface area (Å²) in [7, 11) is 0. The molecule has 0 amide bonds. The molecular formula is C24H29N7O. The van der Waals surface area contributed by atoms with Crippen molar-refractivity contribution in [2.75, 3.05) is 72.5 Å². The van der Waals surface area contributed by atoms with E-state index in [4.69, 9.17) is 9.72 Å². The van der Waals surface area contributed by atoms with E-state index in [1.807, 2.05) is 31.5 Å². The summed E-state index contributed by atoms with van der Waals surface area (Å²) >= 11 is 0. The summed E-state index contributed by atoms with van der Waals surface area (Å²) in [5.41, 5.74) is 3.28. The number of nitrogens with one attached hydrogen (secondary N) is 1. The average Bonchev–Trinajstić information content (AvgIpc) is 2.87. The van der Waals surface area contributed by atoms with Gasteiger partial charge in [0, 0.05) is 68.6 Å². The van der Waals surface area contributed by atoms with Crippen molar-refractivity contribution in [3.63, 3.8) is 0 Å². The van der Waals surface area contributed by atoms with Gasteiger partial charge in [-0.3, -0.25) is 0 Å². The number of aryl methyl sites for hydroxylation is 1. The molecule has 0 unspecified atom stereocenters. The van der Waals surface area contributed by atoms with Crippen molar-refractivity contribution in [2.45, 2.75) is 6.92 Å². The van der Waals surface area contributed by atoms with Crippen LogP contribution in [0, 0.1) is 6.92 Å². The summed E-state index contributed by atoms with van der Waals surface area (Å²) < 4.78 is 5.45. The Morgan fingerprint density at radius 3 is 2.28 bits per heavy atom. The number of benzene rings is 1. The van der Waals surface area contributed by atoms with Crippen molar-refractivity contribution in [1.29, 1.82) is 0 Å². The summed E-state index contributed by atoms with van der Waals surface area (Å²) in [4.78, 5) is 20.8. The van der Waals surface area contributed by atoms with Gasteiger partial charge >= 0.3 is 0 Å². The summed E-state index contributed by atoms with van der Waals surface area (Å²) in [5.74, 6) is 2.64. The highest BCUT2D eigenvalue weighted by atomic mass is 16.5. The Morgan fingerprint density at radius 2 is 1.56 bits per heavy atom. The molecular weight excluding hydrogens is 402 g/mol. The number of hydrogen-bond acceptors (Lipinski definition) is 8. The Balaban J connectivity index is 1.24. The van der Waals surface area contributed by atoms with E-state index >= 15 is 0 Å². The Kier molecular flexibility index (Phi) is 6.02. The molecule has 5 rings (SSSR count). The zero-order chi connectivity index (χ0) is 21.8. The van der Waals surface area contributed by atoms with Crippen LogP contribution in [-0.4, -0.2) is 67.4 Å². The third kappa shape index (κ3) is 4.60. The summed E-state index contributed by atoms with van der Waals surface area (Å²) in [6.45, 7) is 9.04. The van der Waals surface area contributed by atoms with Crippen LogP contribution < -0.4 is 20.0 Å². The molecule has 0 bridgehead atoms. The highest BCUT2D eigenvalue weighted by Crippen LogP contribution is 2.24. The van der Waals surface area contributed by atoms with Crippen LogP contribution in [0.1, 0.15) is 5.56 Å². The van der Waals surface area contributed by atoms with Crippen molar-refractivity contribution >= 4 is 29.0 Å². The maximum absolute atomic E-state index is 5.45. The normalized spacial score (nSPS) is 16.8. The van der Waals surface area contributed by atoms with Gasteiger partial charge in [-0.1, -0.05) is 6.07 Å². The van der Waals surface area contributed by atoms with Crippen molar-refractivity contribution < 1.29 is 4.74 Å². The van der Waals surface area contributed by atoms with Gasteiger partial charge in [0.25, 0.3) is 0 Å². The lowest BCUT2D eigenvalue weighted by Gasteiger charge is -2.35. The molecule has 3 aromatic rings. The first-order chi connectivity index (χ1) is 15.8. The largest absolute Gasteiger partial charge is 0.378 e. The van der Waals surface area contributed by atoms with Crippen LogP contribution in [0.2, 0.25) is 0 Å². The second-order valence-corrected chi connectivity index (χ2v) is 8.13. The van der Waals surface area contributed by atoms with Crippen molar-refractivity contribution in [3.8, 4) is 0 Å². The number of pyridine rings is 1. The Bertz CT molecular complexity index is 1010. The number of aromatic nitrogens is 3. The molecule has 2 aliphatic heterocycles. The SMILES string of the molecule is Cc1cnc(N2CCN(c3ccccn3)CC2)nc1Nc1ccc(N2CCOCC2)cc1. The number of anilines is 5. The second-order valence-electron chi connectivity index (χ2n) is 8.13. The topological polar surface area (TPSA) is 69.7 Å². The molecule has 0 atom stereocenters. The minimum Gasteiger partial charge on any atom is -0.378 e. The summed E-state index contributed by atoms with van der Waals surface area (Å²) in [6, 6.07) is 14.6. The fourth-order valence-corrected chi connectivity index (χ4v) is 4.10. The van der Waals surface area contributed by atoms with Gasteiger partial charge in [0.1, 0.15) is 11.6 Å². The monoisotopic (exact) mass is 431 g/mol.